The van der Waals surface area contributed by atoms with E-state index in [9.17, 15) is 9.59 Å². The van der Waals surface area contributed by atoms with E-state index in [4.69, 9.17) is 17.3 Å². The van der Waals surface area contributed by atoms with Crippen molar-refractivity contribution >= 4 is 52.2 Å². The van der Waals surface area contributed by atoms with E-state index in [1.807, 2.05) is 91.8 Å². The van der Waals surface area contributed by atoms with Crippen LogP contribution in [0.15, 0.2) is 103 Å². The highest BCUT2D eigenvalue weighted by Crippen LogP contribution is 2.25. The van der Waals surface area contributed by atoms with Crippen molar-refractivity contribution in [2.75, 3.05) is 36.6 Å². The molecule has 200 valence electrons. The number of halogens is 1. The number of aromatic nitrogens is 2. The number of nitrogens with zero attached hydrogens (tertiary/aromatic N) is 3. The van der Waals surface area contributed by atoms with E-state index in [0.717, 1.165) is 17.9 Å². The van der Waals surface area contributed by atoms with E-state index in [-0.39, 0.29) is 5.91 Å². The standard InChI is InChI=1S/C23H18ClN5O.C6H12N2O/c24-20-15-25-23(29-21(20)26-17-10-5-2-6-11-17)28-19-13-7-12-18(14-19)27-22(30)16-8-3-1-4-9-16;1-8(2)5-3-4-6(7)9/h1-15H,(H,27,30)(H2,25,26,28,29);3-4H,5H2,1-2H3,(H2,7,9)/b;4-3+. The van der Waals surface area contributed by atoms with Gasteiger partial charge in [-0.2, -0.15) is 4.98 Å². The minimum Gasteiger partial charge on any atom is -0.366 e. The first-order valence-corrected chi connectivity index (χ1v) is 12.4. The van der Waals surface area contributed by atoms with Crippen LogP contribution in [0.1, 0.15) is 10.4 Å². The van der Waals surface area contributed by atoms with E-state index >= 15 is 0 Å². The van der Waals surface area contributed by atoms with E-state index in [0.29, 0.717) is 28.0 Å². The molecule has 0 saturated carbocycles. The molecule has 0 aliphatic heterocycles. The summed E-state index contributed by atoms with van der Waals surface area (Å²) in [7, 11) is 3.84. The molecule has 0 aliphatic carbocycles. The number of carbonyl (C=O) groups excluding carboxylic acids is 2. The fourth-order valence-corrected chi connectivity index (χ4v) is 3.29. The van der Waals surface area contributed by atoms with Gasteiger partial charge in [0.15, 0.2) is 5.82 Å². The zero-order valence-corrected chi connectivity index (χ0v) is 22.4. The number of hydrogen-bond acceptors (Lipinski definition) is 7. The van der Waals surface area contributed by atoms with Crippen LogP contribution in [-0.4, -0.2) is 47.3 Å². The van der Waals surface area contributed by atoms with Crippen LogP contribution in [0, 0.1) is 0 Å². The average Bonchev–Trinajstić information content (AvgIpc) is 2.92. The zero-order valence-electron chi connectivity index (χ0n) is 21.6. The summed E-state index contributed by atoms with van der Waals surface area (Å²) in [5.74, 6) is 0.306. The number of primary amides is 1. The monoisotopic (exact) mass is 543 g/mol. The highest BCUT2D eigenvalue weighted by molar-refractivity contribution is 6.32. The van der Waals surface area contributed by atoms with E-state index in [2.05, 4.69) is 25.9 Å². The Morgan fingerprint density at radius 1 is 0.897 bits per heavy atom. The Morgan fingerprint density at radius 3 is 2.21 bits per heavy atom. The first-order valence-electron chi connectivity index (χ1n) is 12.0. The maximum absolute atomic E-state index is 12.4. The van der Waals surface area contributed by atoms with Crippen molar-refractivity contribution in [2.24, 2.45) is 5.73 Å². The van der Waals surface area contributed by atoms with Crippen LogP contribution in [0.3, 0.4) is 0 Å². The van der Waals surface area contributed by atoms with Crippen LogP contribution >= 0.6 is 11.6 Å². The lowest BCUT2D eigenvalue weighted by Crippen LogP contribution is -2.12. The molecule has 1 heterocycles. The minimum atomic E-state index is -0.392. The molecule has 5 N–H and O–H groups in total. The van der Waals surface area contributed by atoms with Gasteiger partial charge in [0.1, 0.15) is 5.02 Å². The fourth-order valence-electron chi connectivity index (χ4n) is 3.15. The number of nitrogens with one attached hydrogen (secondary N) is 3. The molecule has 0 unspecified atom stereocenters. The number of anilines is 5. The molecule has 3 aromatic carbocycles. The summed E-state index contributed by atoms with van der Waals surface area (Å²) in [5, 5.41) is 9.61. The Hall–Kier alpha value is -4.73. The van der Waals surface area contributed by atoms with E-state index < -0.39 is 5.91 Å². The number of likely N-dealkylation sites (N-methyl/N-ethyl adjacent to an activating group) is 1. The topological polar surface area (TPSA) is 125 Å². The van der Waals surface area contributed by atoms with Gasteiger partial charge in [-0.25, -0.2) is 4.98 Å². The van der Waals surface area contributed by atoms with Gasteiger partial charge in [0.25, 0.3) is 5.91 Å². The third kappa shape index (κ3) is 10.3. The number of nitrogens with two attached hydrogens (primary N) is 1. The predicted octanol–water partition coefficient (Wildman–Crippen LogP) is 5.46. The molecule has 0 spiro atoms. The lowest BCUT2D eigenvalue weighted by Gasteiger charge is -2.11. The average molecular weight is 544 g/mol. The van der Waals surface area contributed by atoms with Crippen molar-refractivity contribution in [1.82, 2.24) is 14.9 Å². The molecule has 9 nitrogen and oxygen atoms in total. The summed E-state index contributed by atoms with van der Waals surface area (Å²) >= 11 is 6.23. The summed E-state index contributed by atoms with van der Waals surface area (Å²) in [6.07, 6.45) is 4.62. The quantitative estimate of drug-likeness (QED) is 0.207. The molecular formula is C29H30ClN7O2. The molecule has 0 atom stereocenters. The van der Waals surface area contributed by atoms with Gasteiger partial charge in [0, 0.05) is 29.2 Å². The summed E-state index contributed by atoms with van der Waals surface area (Å²) in [6, 6.07) is 26.0. The number of benzene rings is 3. The van der Waals surface area contributed by atoms with Crippen LogP contribution in [0.25, 0.3) is 0 Å². The number of amides is 2. The SMILES string of the molecule is CN(C)C/C=C/C(N)=O.O=C(Nc1cccc(Nc2ncc(Cl)c(Nc3ccccc3)n2)c1)c1ccccc1. The number of rotatable bonds is 9. The van der Waals surface area contributed by atoms with Gasteiger partial charge in [-0.1, -0.05) is 60.1 Å². The van der Waals surface area contributed by atoms with E-state index in [1.165, 1.54) is 12.3 Å². The smallest absolute Gasteiger partial charge is 0.255 e. The lowest BCUT2D eigenvalue weighted by atomic mass is 10.2. The maximum atomic E-state index is 12.4. The number of carbonyl (C=O) groups is 2. The van der Waals surface area contributed by atoms with Crippen molar-refractivity contribution in [3.8, 4) is 0 Å². The fraction of sp³-hybridized carbons (Fsp3) is 0.103. The van der Waals surface area contributed by atoms with Crippen molar-refractivity contribution in [3.05, 3.63) is 114 Å². The molecule has 10 heteroatoms. The van der Waals surface area contributed by atoms with Crippen LogP contribution in [-0.2, 0) is 4.79 Å². The van der Waals surface area contributed by atoms with Crippen LogP contribution in [0.4, 0.5) is 28.8 Å². The molecule has 0 aliphatic rings. The van der Waals surface area contributed by atoms with Gasteiger partial charge in [0.2, 0.25) is 11.9 Å². The highest BCUT2D eigenvalue weighted by atomic mass is 35.5. The van der Waals surface area contributed by atoms with Crippen LogP contribution in [0.2, 0.25) is 5.02 Å². The second-order valence-corrected chi connectivity index (χ2v) is 8.88. The second-order valence-electron chi connectivity index (χ2n) is 8.47. The number of hydrogen-bond donors (Lipinski definition) is 4. The largest absolute Gasteiger partial charge is 0.366 e. The van der Waals surface area contributed by atoms with E-state index in [1.54, 1.807) is 18.2 Å². The van der Waals surface area contributed by atoms with Gasteiger partial charge >= 0.3 is 0 Å². The Labute approximate surface area is 232 Å². The van der Waals surface area contributed by atoms with Crippen LogP contribution < -0.4 is 21.7 Å². The predicted molar refractivity (Wildman–Crippen MR) is 158 cm³/mol. The Balaban J connectivity index is 0.000000403. The molecule has 0 fully saturated rings. The first kappa shape index (κ1) is 28.8. The molecule has 0 saturated heterocycles. The van der Waals surface area contributed by atoms with Crippen molar-refractivity contribution in [2.45, 2.75) is 0 Å². The highest BCUT2D eigenvalue weighted by Gasteiger charge is 2.08. The molecule has 39 heavy (non-hydrogen) atoms. The third-order valence-corrected chi connectivity index (χ3v) is 5.22. The molecule has 2 amide bonds. The lowest BCUT2D eigenvalue weighted by molar-refractivity contribution is -0.113. The molecular weight excluding hydrogens is 514 g/mol. The normalized spacial score (nSPS) is 10.5. The summed E-state index contributed by atoms with van der Waals surface area (Å²) in [5.41, 5.74) is 7.68. The maximum Gasteiger partial charge on any atom is 0.255 e. The van der Waals surface area contributed by atoms with Crippen molar-refractivity contribution in [1.29, 1.82) is 0 Å². The van der Waals surface area contributed by atoms with Gasteiger partial charge in [-0.05, 0) is 62.6 Å². The van der Waals surface area contributed by atoms with Gasteiger partial charge in [-0.3, -0.25) is 9.59 Å². The summed E-state index contributed by atoms with van der Waals surface area (Å²) < 4.78 is 0. The third-order valence-electron chi connectivity index (χ3n) is 4.95. The Bertz CT molecular complexity index is 1400. The van der Waals surface area contributed by atoms with Gasteiger partial charge in [0.05, 0.1) is 6.20 Å². The van der Waals surface area contributed by atoms with Gasteiger partial charge in [-0.15, -0.1) is 0 Å². The van der Waals surface area contributed by atoms with Gasteiger partial charge < -0.3 is 26.6 Å². The Morgan fingerprint density at radius 2 is 1.54 bits per heavy atom. The molecule has 4 aromatic rings. The number of para-hydroxylation sites is 1. The van der Waals surface area contributed by atoms with Crippen molar-refractivity contribution < 1.29 is 9.59 Å². The zero-order chi connectivity index (χ0) is 28.0. The summed E-state index contributed by atoms with van der Waals surface area (Å²) in [4.78, 5) is 33.1. The Kier molecular flexibility index (Phi) is 11.0. The molecule has 1 aromatic heterocycles. The molecule has 0 bridgehead atoms. The minimum absolute atomic E-state index is 0.176. The summed E-state index contributed by atoms with van der Waals surface area (Å²) in [6.45, 7) is 0.753. The van der Waals surface area contributed by atoms with Crippen molar-refractivity contribution in [3.63, 3.8) is 0 Å². The second kappa shape index (κ2) is 14.9. The molecule has 4 rings (SSSR count). The first-order chi connectivity index (χ1) is 18.8. The molecule has 0 radical (unpaired) electrons. The van der Waals surface area contributed by atoms with Crippen LogP contribution in [0.5, 0.6) is 0 Å².